The molecule has 18 heavy (non-hydrogen) atoms. The van der Waals surface area contributed by atoms with Crippen LogP contribution in [0, 0.1) is 0 Å². The van der Waals surface area contributed by atoms with Crippen molar-refractivity contribution in [2.75, 3.05) is 7.11 Å². The van der Waals surface area contributed by atoms with Crippen molar-refractivity contribution in [2.45, 2.75) is 13.3 Å². The number of ether oxygens (including phenoxy) is 1. The average molecular weight is 248 g/mol. The van der Waals surface area contributed by atoms with Crippen LogP contribution in [0.3, 0.4) is 0 Å². The number of hydrogen-bond donors (Lipinski definition) is 1. The van der Waals surface area contributed by atoms with Crippen LogP contribution in [0.5, 0.6) is 5.75 Å². The molecule has 1 heterocycles. The van der Waals surface area contributed by atoms with Gasteiger partial charge in [0.25, 0.3) is 5.82 Å². The molecule has 2 rings (SSSR count). The number of aryl methyl sites for hydroxylation is 1. The summed E-state index contributed by atoms with van der Waals surface area (Å²) in [5.41, 5.74) is 1.55. The number of rotatable bonds is 4. The molecule has 0 fully saturated rings. The van der Waals surface area contributed by atoms with Gasteiger partial charge in [-0.1, -0.05) is 6.92 Å². The number of carboxylic acids is 1. The first-order valence-corrected chi connectivity index (χ1v) is 5.36. The number of tetrazole rings is 1. The molecule has 0 aliphatic rings. The fourth-order valence-electron chi connectivity index (χ4n) is 1.67. The summed E-state index contributed by atoms with van der Waals surface area (Å²) in [4.78, 5) is 10.9. The maximum Gasteiger partial charge on any atom is 0.376 e. The highest BCUT2D eigenvalue weighted by Gasteiger charge is 2.16. The summed E-state index contributed by atoms with van der Waals surface area (Å²) in [6, 6.07) is 5.28. The lowest BCUT2D eigenvalue weighted by Crippen LogP contribution is -2.09. The van der Waals surface area contributed by atoms with E-state index in [0.29, 0.717) is 5.69 Å². The van der Waals surface area contributed by atoms with Crippen LogP contribution < -0.4 is 4.74 Å². The molecule has 0 saturated heterocycles. The van der Waals surface area contributed by atoms with Gasteiger partial charge < -0.3 is 9.84 Å². The molecule has 0 spiro atoms. The maximum absolute atomic E-state index is 10.9. The van der Waals surface area contributed by atoms with E-state index in [9.17, 15) is 4.79 Å². The third kappa shape index (κ3) is 2.02. The lowest BCUT2D eigenvalue weighted by molar-refractivity contribution is 0.0680. The van der Waals surface area contributed by atoms with E-state index in [4.69, 9.17) is 9.84 Å². The molecule has 0 unspecified atom stereocenters. The van der Waals surface area contributed by atoms with Crippen LogP contribution in [0.25, 0.3) is 5.69 Å². The number of carbonyl (C=O) groups is 1. The van der Waals surface area contributed by atoms with Crippen LogP contribution >= 0.6 is 0 Å². The number of carboxylic acid groups (broad SMARTS) is 1. The van der Waals surface area contributed by atoms with Gasteiger partial charge in [-0.2, -0.15) is 4.68 Å². The second kappa shape index (κ2) is 4.82. The van der Waals surface area contributed by atoms with E-state index in [-0.39, 0.29) is 5.82 Å². The van der Waals surface area contributed by atoms with Crippen LogP contribution in [-0.2, 0) is 6.42 Å². The van der Waals surface area contributed by atoms with Gasteiger partial charge in [-0.05, 0) is 40.6 Å². The lowest BCUT2D eigenvalue weighted by Gasteiger charge is -2.09. The molecular weight excluding hydrogens is 236 g/mol. The van der Waals surface area contributed by atoms with E-state index in [1.807, 2.05) is 13.0 Å². The molecule has 0 bridgehead atoms. The molecule has 7 heteroatoms. The zero-order chi connectivity index (χ0) is 13.1. The van der Waals surface area contributed by atoms with Gasteiger partial charge in [0.1, 0.15) is 5.75 Å². The van der Waals surface area contributed by atoms with Gasteiger partial charge in [0.15, 0.2) is 0 Å². The summed E-state index contributed by atoms with van der Waals surface area (Å²) in [5, 5.41) is 19.5. The van der Waals surface area contributed by atoms with Gasteiger partial charge in [0.05, 0.1) is 12.8 Å². The number of benzene rings is 1. The summed E-state index contributed by atoms with van der Waals surface area (Å²) < 4.78 is 6.39. The van der Waals surface area contributed by atoms with E-state index in [1.165, 1.54) is 4.68 Å². The molecule has 94 valence electrons. The fourth-order valence-corrected chi connectivity index (χ4v) is 1.67. The van der Waals surface area contributed by atoms with Gasteiger partial charge in [-0.15, -0.1) is 5.10 Å². The van der Waals surface area contributed by atoms with Crippen LogP contribution in [0.4, 0.5) is 0 Å². The highest BCUT2D eigenvalue weighted by atomic mass is 16.5. The monoisotopic (exact) mass is 248 g/mol. The molecule has 0 aliphatic heterocycles. The Bertz CT molecular complexity index is 579. The molecule has 0 aliphatic carbocycles. The second-order valence-corrected chi connectivity index (χ2v) is 3.57. The quantitative estimate of drug-likeness (QED) is 0.865. The largest absolute Gasteiger partial charge is 0.496 e. The Morgan fingerprint density at radius 2 is 2.28 bits per heavy atom. The Balaban J connectivity index is 2.51. The van der Waals surface area contributed by atoms with Crippen molar-refractivity contribution in [2.24, 2.45) is 0 Å². The minimum atomic E-state index is -1.17. The highest BCUT2D eigenvalue weighted by molar-refractivity contribution is 5.83. The molecule has 2 aromatic rings. The van der Waals surface area contributed by atoms with Crippen LogP contribution in [-0.4, -0.2) is 38.4 Å². The smallest absolute Gasteiger partial charge is 0.376 e. The molecule has 1 aromatic heterocycles. The van der Waals surface area contributed by atoms with Crippen molar-refractivity contribution in [3.05, 3.63) is 29.6 Å². The van der Waals surface area contributed by atoms with Crippen molar-refractivity contribution in [3.63, 3.8) is 0 Å². The van der Waals surface area contributed by atoms with Gasteiger partial charge in [0, 0.05) is 0 Å². The predicted octanol–water partition coefficient (Wildman–Crippen LogP) is 0.931. The summed E-state index contributed by atoms with van der Waals surface area (Å²) in [6.45, 7) is 1.99. The van der Waals surface area contributed by atoms with Gasteiger partial charge >= 0.3 is 5.97 Å². The molecular formula is C11H12N4O3. The summed E-state index contributed by atoms with van der Waals surface area (Å²) in [5.74, 6) is -0.637. The number of aromatic nitrogens is 4. The molecule has 0 radical (unpaired) electrons. The Morgan fingerprint density at radius 1 is 1.50 bits per heavy atom. The summed E-state index contributed by atoms with van der Waals surface area (Å²) >= 11 is 0. The lowest BCUT2D eigenvalue weighted by atomic mass is 10.1. The maximum atomic E-state index is 10.9. The molecule has 1 aromatic carbocycles. The summed E-state index contributed by atoms with van der Waals surface area (Å²) in [6.07, 6.45) is 0.765. The van der Waals surface area contributed by atoms with E-state index in [2.05, 4.69) is 15.5 Å². The van der Waals surface area contributed by atoms with Crippen molar-refractivity contribution < 1.29 is 14.6 Å². The number of aromatic carboxylic acids is 1. The molecule has 0 saturated carbocycles. The second-order valence-electron chi connectivity index (χ2n) is 3.57. The average Bonchev–Trinajstić information content (AvgIpc) is 2.87. The molecule has 0 atom stereocenters. The van der Waals surface area contributed by atoms with Crippen molar-refractivity contribution in [1.29, 1.82) is 0 Å². The van der Waals surface area contributed by atoms with Gasteiger partial charge in [-0.25, -0.2) is 4.79 Å². The number of nitrogens with zero attached hydrogens (tertiary/aromatic N) is 4. The first kappa shape index (κ1) is 12.0. The highest BCUT2D eigenvalue weighted by Crippen LogP contribution is 2.22. The van der Waals surface area contributed by atoms with Crippen LogP contribution in [0.1, 0.15) is 23.1 Å². The van der Waals surface area contributed by atoms with Gasteiger partial charge in [-0.3, -0.25) is 0 Å². The van der Waals surface area contributed by atoms with Gasteiger partial charge in [0.2, 0.25) is 0 Å². The number of methoxy groups -OCH3 is 1. The van der Waals surface area contributed by atoms with Crippen molar-refractivity contribution in [3.8, 4) is 11.4 Å². The van der Waals surface area contributed by atoms with Crippen molar-refractivity contribution >= 4 is 5.97 Å². The molecule has 7 nitrogen and oxygen atoms in total. The Morgan fingerprint density at radius 3 is 2.89 bits per heavy atom. The minimum absolute atomic E-state index is 0.220. The van der Waals surface area contributed by atoms with Crippen LogP contribution in [0.2, 0.25) is 0 Å². The van der Waals surface area contributed by atoms with E-state index in [0.717, 1.165) is 17.7 Å². The number of hydrogen-bond acceptors (Lipinski definition) is 5. The predicted molar refractivity (Wildman–Crippen MR) is 62.0 cm³/mol. The SMILES string of the molecule is CCc1cc(-n2nnnc2C(=O)O)ccc1OC. The zero-order valence-electron chi connectivity index (χ0n) is 9.99. The Hall–Kier alpha value is -2.44. The summed E-state index contributed by atoms with van der Waals surface area (Å²) in [7, 11) is 1.59. The zero-order valence-corrected chi connectivity index (χ0v) is 9.99. The van der Waals surface area contributed by atoms with Crippen molar-refractivity contribution in [1.82, 2.24) is 20.2 Å². The molecule has 0 amide bonds. The van der Waals surface area contributed by atoms with E-state index >= 15 is 0 Å². The molecule has 1 N–H and O–H groups in total. The third-order valence-electron chi connectivity index (χ3n) is 2.55. The normalized spacial score (nSPS) is 10.3. The Labute approximate surface area is 103 Å². The van der Waals surface area contributed by atoms with E-state index < -0.39 is 5.97 Å². The Kier molecular flexibility index (Phi) is 3.22. The topological polar surface area (TPSA) is 90.1 Å². The first-order chi connectivity index (χ1) is 8.67. The standard InChI is InChI=1S/C11H12N4O3/c1-3-7-6-8(4-5-9(7)18-2)15-10(11(16)17)12-13-14-15/h4-6H,3H2,1-2H3,(H,16,17). The third-order valence-corrected chi connectivity index (χ3v) is 2.55. The first-order valence-electron chi connectivity index (χ1n) is 5.36. The van der Waals surface area contributed by atoms with Crippen LogP contribution in [0.15, 0.2) is 18.2 Å². The fraction of sp³-hybridized carbons (Fsp3) is 0.273. The minimum Gasteiger partial charge on any atom is -0.496 e. The van der Waals surface area contributed by atoms with E-state index in [1.54, 1.807) is 19.2 Å².